The van der Waals surface area contributed by atoms with Crippen molar-refractivity contribution in [1.82, 2.24) is 14.7 Å². The van der Waals surface area contributed by atoms with E-state index in [9.17, 15) is 9.59 Å². The third kappa shape index (κ3) is 4.65. The number of carbonyl (C=O) groups excluding carboxylic acids is 2. The van der Waals surface area contributed by atoms with Crippen LogP contribution in [0.2, 0.25) is 0 Å². The maximum atomic E-state index is 12.5. The van der Waals surface area contributed by atoms with E-state index in [2.05, 4.69) is 5.10 Å². The van der Waals surface area contributed by atoms with E-state index in [4.69, 9.17) is 9.47 Å². The van der Waals surface area contributed by atoms with Crippen LogP contribution in [0, 0.1) is 0 Å². The maximum absolute atomic E-state index is 12.5. The molecule has 0 unspecified atom stereocenters. The summed E-state index contributed by atoms with van der Waals surface area (Å²) in [5, 5.41) is 4.36. The molecule has 1 aromatic rings. The van der Waals surface area contributed by atoms with Crippen LogP contribution < -0.4 is 0 Å². The molecule has 0 fully saturated rings. The average Bonchev–Trinajstić information content (AvgIpc) is 3.02. The molecule has 1 aliphatic rings. The topological polar surface area (TPSA) is 73.7 Å². The van der Waals surface area contributed by atoms with Crippen LogP contribution in [0.3, 0.4) is 0 Å². The van der Waals surface area contributed by atoms with E-state index >= 15 is 0 Å². The zero-order valence-corrected chi connectivity index (χ0v) is 16.5. The summed E-state index contributed by atoms with van der Waals surface area (Å²) in [5.41, 5.74) is 1.64. The lowest BCUT2D eigenvalue weighted by Gasteiger charge is -2.32. The van der Waals surface area contributed by atoms with Crippen molar-refractivity contribution in [3.8, 4) is 0 Å². The van der Waals surface area contributed by atoms with Crippen molar-refractivity contribution in [2.45, 2.75) is 59.6 Å². The van der Waals surface area contributed by atoms with Crippen LogP contribution in [0.4, 0.5) is 4.79 Å². The number of carbonyl (C=O) groups is 2. The number of ether oxygens (including phenoxy) is 2. The molecule has 26 heavy (non-hydrogen) atoms. The van der Waals surface area contributed by atoms with Crippen molar-refractivity contribution < 1.29 is 19.1 Å². The molecule has 1 amide bonds. The molecule has 0 saturated heterocycles. The second-order valence-corrected chi connectivity index (χ2v) is 7.58. The zero-order chi connectivity index (χ0) is 19.5. The first-order chi connectivity index (χ1) is 12.1. The standard InChI is InChI=1S/C19H29N3O4/c1-7-25-17(23)14-9-11-21(18(24)26-19(4,5)6)12-15(14)16-8-10-20-22(16)13(2)3/h8,10,13H,7,9,11-12H2,1-6H3. The SMILES string of the molecule is CCOC(=O)C1=C(c2ccnn2C(C)C)CN(C(=O)OC(C)(C)C)CC1. The maximum Gasteiger partial charge on any atom is 0.410 e. The predicted molar refractivity (Wildman–Crippen MR) is 98.6 cm³/mol. The smallest absolute Gasteiger partial charge is 0.410 e. The van der Waals surface area contributed by atoms with Gasteiger partial charge in [0.2, 0.25) is 0 Å². The molecule has 144 valence electrons. The molecule has 7 heteroatoms. The Morgan fingerprint density at radius 2 is 2.00 bits per heavy atom. The van der Waals surface area contributed by atoms with Crippen LogP contribution in [0.25, 0.3) is 5.57 Å². The number of hydrogen-bond donors (Lipinski definition) is 0. The summed E-state index contributed by atoms with van der Waals surface area (Å²) in [7, 11) is 0. The van der Waals surface area contributed by atoms with Gasteiger partial charge in [-0.25, -0.2) is 9.59 Å². The van der Waals surface area contributed by atoms with Gasteiger partial charge >= 0.3 is 12.1 Å². The van der Waals surface area contributed by atoms with Gasteiger partial charge in [0, 0.05) is 29.9 Å². The molecule has 2 rings (SSSR count). The first-order valence-corrected chi connectivity index (χ1v) is 9.05. The van der Waals surface area contributed by atoms with Crippen molar-refractivity contribution in [3.63, 3.8) is 0 Å². The minimum absolute atomic E-state index is 0.132. The average molecular weight is 363 g/mol. The highest BCUT2D eigenvalue weighted by molar-refractivity contribution is 5.98. The van der Waals surface area contributed by atoms with Crippen LogP contribution in [0.5, 0.6) is 0 Å². The minimum atomic E-state index is -0.567. The molecular weight excluding hydrogens is 334 g/mol. The van der Waals surface area contributed by atoms with E-state index in [1.165, 1.54) is 0 Å². The van der Waals surface area contributed by atoms with Gasteiger partial charge in [-0.15, -0.1) is 0 Å². The Labute approximate surface area is 154 Å². The molecule has 0 bridgehead atoms. The number of nitrogens with zero attached hydrogens (tertiary/aromatic N) is 3. The number of amides is 1. The number of aromatic nitrogens is 2. The summed E-state index contributed by atoms with van der Waals surface area (Å²) >= 11 is 0. The lowest BCUT2D eigenvalue weighted by molar-refractivity contribution is -0.138. The van der Waals surface area contributed by atoms with E-state index in [0.29, 0.717) is 31.7 Å². The first kappa shape index (κ1) is 20.0. The van der Waals surface area contributed by atoms with E-state index < -0.39 is 5.60 Å². The molecular formula is C19H29N3O4. The van der Waals surface area contributed by atoms with Crippen LogP contribution >= 0.6 is 0 Å². The molecule has 0 aromatic carbocycles. The highest BCUT2D eigenvalue weighted by atomic mass is 16.6. The van der Waals surface area contributed by atoms with Gasteiger partial charge in [-0.3, -0.25) is 4.68 Å². The fraction of sp³-hybridized carbons (Fsp3) is 0.632. The summed E-state index contributed by atoms with van der Waals surface area (Å²) in [5.74, 6) is -0.331. The van der Waals surface area contributed by atoms with Crippen molar-refractivity contribution in [3.05, 3.63) is 23.5 Å². The summed E-state index contributed by atoms with van der Waals surface area (Å²) in [6.07, 6.45) is 1.75. The van der Waals surface area contributed by atoms with Gasteiger partial charge in [0.15, 0.2) is 0 Å². The van der Waals surface area contributed by atoms with Crippen LogP contribution in [-0.4, -0.2) is 52.0 Å². The molecule has 0 atom stereocenters. The Morgan fingerprint density at radius 3 is 2.58 bits per heavy atom. The van der Waals surface area contributed by atoms with Gasteiger partial charge in [0.1, 0.15) is 5.60 Å². The Morgan fingerprint density at radius 1 is 1.31 bits per heavy atom. The molecule has 0 N–H and O–H groups in total. The van der Waals surface area contributed by atoms with E-state index in [-0.39, 0.29) is 18.1 Å². The fourth-order valence-electron chi connectivity index (χ4n) is 2.89. The van der Waals surface area contributed by atoms with Gasteiger partial charge in [-0.2, -0.15) is 5.10 Å². The highest BCUT2D eigenvalue weighted by Gasteiger charge is 2.31. The normalized spacial score (nSPS) is 15.4. The van der Waals surface area contributed by atoms with Gasteiger partial charge in [0.05, 0.1) is 18.8 Å². The van der Waals surface area contributed by atoms with Gasteiger partial charge < -0.3 is 14.4 Å². The monoisotopic (exact) mass is 363 g/mol. The van der Waals surface area contributed by atoms with Crippen molar-refractivity contribution in [2.75, 3.05) is 19.7 Å². The summed E-state index contributed by atoms with van der Waals surface area (Å²) in [4.78, 5) is 26.6. The lowest BCUT2D eigenvalue weighted by Crippen LogP contribution is -2.41. The summed E-state index contributed by atoms with van der Waals surface area (Å²) in [6.45, 7) is 12.4. The van der Waals surface area contributed by atoms with E-state index in [0.717, 1.165) is 11.3 Å². The molecule has 0 saturated carbocycles. The third-order valence-corrected chi connectivity index (χ3v) is 3.99. The largest absolute Gasteiger partial charge is 0.463 e. The number of hydrogen-bond acceptors (Lipinski definition) is 5. The Balaban J connectivity index is 2.39. The summed E-state index contributed by atoms with van der Waals surface area (Å²) in [6, 6.07) is 2.00. The highest BCUT2D eigenvalue weighted by Crippen LogP contribution is 2.29. The van der Waals surface area contributed by atoms with Crippen LogP contribution in [0.15, 0.2) is 17.8 Å². The Bertz CT molecular complexity index is 698. The molecule has 0 radical (unpaired) electrons. The first-order valence-electron chi connectivity index (χ1n) is 9.05. The second-order valence-electron chi connectivity index (χ2n) is 7.58. The van der Waals surface area contributed by atoms with Crippen LogP contribution in [-0.2, 0) is 14.3 Å². The molecule has 0 spiro atoms. The molecule has 2 heterocycles. The minimum Gasteiger partial charge on any atom is -0.463 e. The lowest BCUT2D eigenvalue weighted by atomic mass is 9.97. The van der Waals surface area contributed by atoms with Crippen molar-refractivity contribution >= 4 is 17.6 Å². The predicted octanol–water partition coefficient (Wildman–Crippen LogP) is 3.42. The van der Waals surface area contributed by atoms with Crippen molar-refractivity contribution in [2.24, 2.45) is 0 Å². The quantitative estimate of drug-likeness (QED) is 0.766. The van der Waals surface area contributed by atoms with Gasteiger partial charge in [0.25, 0.3) is 0 Å². The third-order valence-electron chi connectivity index (χ3n) is 3.99. The Hall–Kier alpha value is -2.31. The fourth-order valence-corrected chi connectivity index (χ4v) is 2.89. The zero-order valence-electron chi connectivity index (χ0n) is 16.5. The summed E-state index contributed by atoms with van der Waals surface area (Å²) < 4.78 is 12.6. The van der Waals surface area contributed by atoms with E-state index in [1.54, 1.807) is 18.0 Å². The van der Waals surface area contributed by atoms with Gasteiger partial charge in [-0.05, 0) is 54.0 Å². The molecule has 7 nitrogen and oxygen atoms in total. The second kappa shape index (κ2) is 7.93. The molecule has 1 aliphatic heterocycles. The van der Waals surface area contributed by atoms with Crippen LogP contribution in [0.1, 0.15) is 59.7 Å². The molecule has 1 aromatic heterocycles. The van der Waals surface area contributed by atoms with E-state index in [1.807, 2.05) is 45.4 Å². The number of esters is 1. The number of rotatable bonds is 4. The molecule has 0 aliphatic carbocycles. The Kier molecular flexibility index (Phi) is 6.10. The van der Waals surface area contributed by atoms with Crippen molar-refractivity contribution in [1.29, 1.82) is 0 Å². The van der Waals surface area contributed by atoms with Gasteiger partial charge in [-0.1, -0.05) is 0 Å².